The molecule has 0 unspecified atom stereocenters. The second-order valence-electron chi connectivity index (χ2n) is 7.12. The van der Waals surface area contributed by atoms with Gasteiger partial charge in [0.05, 0.1) is 6.20 Å². The summed E-state index contributed by atoms with van der Waals surface area (Å²) in [5.74, 6) is 0.112. The molecular formula is C19H21BrClN5O2. The van der Waals surface area contributed by atoms with Crippen LogP contribution < -0.4 is 10.2 Å². The number of anilines is 1. The topological polar surface area (TPSA) is 78.4 Å². The lowest BCUT2D eigenvalue weighted by molar-refractivity contribution is -0.133. The molecule has 1 aliphatic heterocycles. The molecule has 3 rings (SSSR count). The molecule has 2 amide bonds. The van der Waals surface area contributed by atoms with E-state index in [9.17, 15) is 9.59 Å². The summed E-state index contributed by atoms with van der Waals surface area (Å²) in [5.41, 5.74) is 0.327. The Kier molecular flexibility index (Phi) is 5.90. The Morgan fingerprint density at radius 3 is 2.68 bits per heavy atom. The first-order valence-corrected chi connectivity index (χ1v) is 9.95. The standard InChI is InChI=1S/C19H21BrClN5O2/c1-19(2)18(28)22-8-9-26(19)17(27)14-10-23-16(15(20)24-14)25(3)11-12-4-6-13(21)7-5-12/h4-7,10H,8-9,11H2,1-3H3,(H,22,28). The molecule has 0 radical (unpaired) electrons. The van der Waals surface area contributed by atoms with Crippen LogP contribution in [-0.2, 0) is 11.3 Å². The van der Waals surface area contributed by atoms with Gasteiger partial charge < -0.3 is 15.1 Å². The first-order valence-electron chi connectivity index (χ1n) is 8.78. The Morgan fingerprint density at radius 1 is 1.36 bits per heavy atom. The lowest BCUT2D eigenvalue weighted by Gasteiger charge is -2.40. The van der Waals surface area contributed by atoms with Gasteiger partial charge in [0.2, 0.25) is 5.91 Å². The Labute approximate surface area is 177 Å². The zero-order valence-corrected chi connectivity index (χ0v) is 18.2. The van der Waals surface area contributed by atoms with Gasteiger partial charge in [-0.2, -0.15) is 0 Å². The first kappa shape index (κ1) is 20.5. The number of piperazine rings is 1. The predicted octanol–water partition coefficient (Wildman–Crippen LogP) is 2.88. The van der Waals surface area contributed by atoms with E-state index in [2.05, 4.69) is 31.2 Å². The summed E-state index contributed by atoms with van der Waals surface area (Å²) in [6, 6.07) is 7.57. The highest BCUT2D eigenvalue weighted by Gasteiger charge is 2.41. The third kappa shape index (κ3) is 4.12. The predicted molar refractivity (Wildman–Crippen MR) is 111 cm³/mol. The molecule has 0 atom stereocenters. The van der Waals surface area contributed by atoms with Gasteiger partial charge in [-0.05, 0) is 47.5 Å². The van der Waals surface area contributed by atoms with Crippen LogP contribution in [0.1, 0.15) is 29.9 Å². The van der Waals surface area contributed by atoms with E-state index in [1.165, 1.54) is 11.1 Å². The van der Waals surface area contributed by atoms with Crippen LogP contribution in [0.3, 0.4) is 0 Å². The molecule has 0 bridgehead atoms. The molecule has 1 saturated heterocycles. The number of hydrogen-bond acceptors (Lipinski definition) is 5. The number of amides is 2. The maximum absolute atomic E-state index is 12.9. The van der Waals surface area contributed by atoms with E-state index in [1.807, 2.05) is 36.2 Å². The average Bonchev–Trinajstić information content (AvgIpc) is 2.65. The minimum Gasteiger partial charge on any atom is -0.353 e. The van der Waals surface area contributed by atoms with Gasteiger partial charge in [0.15, 0.2) is 5.82 Å². The minimum atomic E-state index is -0.937. The molecule has 28 heavy (non-hydrogen) atoms. The summed E-state index contributed by atoms with van der Waals surface area (Å²) >= 11 is 9.35. The Balaban J connectivity index is 1.78. The van der Waals surface area contributed by atoms with Crippen LogP contribution in [0.5, 0.6) is 0 Å². The lowest BCUT2D eigenvalue weighted by Crippen LogP contribution is -2.63. The fourth-order valence-electron chi connectivity index (χ4n) is 3.05. The highest BCUT2D eigenvalue weighted by molar-refractivity contribution is 9.10. The molecular weight excluding hydrogens is 446 g/mol. The number of nitrogens with one attached hydrogen (secondary N) is 1. The van der Waals surface area contributed by atoms with Crippen LogP contribution in [-0.4, -0.2) is 52.4 Å². The third-order valence-electron chi connectivity index (χ3n) is 4.72. The highest BCUT2D eigenvalue weighted by atomic mass is 79.9. The van der Waals surface area contributed by atoms with E-state index in [-0.39, 0.29) is 17.5 Å². The average molecular weight is 467 g/mol. The lowest BCUT2D eigenvalue weighted by atomic mass is 9.98. The first-order chi connectivity index (χ1) is 13.2. The summed E-state index contributed by atoms with van der Waals surface area (Å²) in [4.78, 5) is 37.3. The fraction of sp³-hybridized carbons (Fsp3) is 0.368. The number of halogens is 2. The maximum Gasteiger partial charge on any atom is 0.275 e. The van der Waals surface area contributed by atoms with Crippen molar-refractivity contribution < 1.29 is 9.59 Å². The largest absolute Gasteiger partial charge is 0.353 e. The van der Waals surface area contributed by atoms with E-state index < -0.39 is 5.54 Å². The second kappa shape index (κ2) is 8.05. The van der Waals surface area contributed by atoms with E-state index in [4.69, 9.17) is 11.6 Å². The van der Waals surface area contributed by atoms with Crippen molar-refractivity contribution >= 4 is 45.2 Å². The third-order valence-corrected chi connectivity index (χ3v) is 5.51. The molecule has 0 saturated carbocycles. The van der Waals surface area contributed by atoms with Crippen LogP contribution in [0.4, 0.5) is 5.82 Å². The van der Waals surface area contributed by atoms with Crippen LogP contribution >= 0.6 is 27.5 Å². The molecule has 2 aromatic rings. The zero-order valence-electron chi connectivity index (χ0n) is 15.9. The summed E-state index contributed by atoms with van der Waals surface area (Å²) in [5, 5.41) is 3.46. The van der Waals surface area contributed by atoms with Gasteiger partial charge in [0.1, 0.15) is 15.8 Å². The van der Waals surface area contributed by atoms with E-state index >= 15 is 0 Å². The summed E-state index contributed by atoms with van der Waals surface area (Å²) < 4.78 is 0.467. The zero-order chi connectivity index (χ0) is 20.5. The minimum absolute atomic E-state index is 0.182. The van der Waals surface area contributed by atoms with Crippen LogP contribution in [0, 0.1) is 0 Å². The number of nitrogens with zero attached hydrogens (tertiary/aromatic N) is 4. The summed E-state index contributed by atoms with van der Waals surface area (Å²) in [6.07, 6.45) is 1.45. The summed E-state index contributed by atoms with van der Waals surface area (Å²) in [7, 11) is 1.89. The number of aromatic nitrogens is 2. The van der Waals surface area contributed by atoms with E-state index in [0.717, 1.165) is 5.56 Å². The SMILES string of the molecule is CN(Cc1ccc(Cl)cc1)c1ncc(C(=O)N2CCNC(=O)C2(C)C)nc1Br. The van der Waals surface area contributed by atoms with Crippen LogP contribution in [0.15, 0.2) is 35.1 Å². The van der Waals surface area contributed by atoms with Gasteiger partial charge >= 0.3 is 0 Å². The van der Waals surface area contributed by atoms with Gasteiger partial charge in [0, 0.05) is 31.7 Å². The summed E-state index contributed by atoms with van der Waals surface area (Å²) in [6.45, 7) is 4.89. The Bertz CT molecular complexity index is 904. The van der Waals surface area contributed by atoms with Crippen molar-refractivity contribution in [2.75, 3.05) is 25.0 Å². The number of rotatable bonds is 4. The molecule has 1 N–H and O–H groups in total. The van der Waals surface area contributed by atoms with Crippen molar-refractivity contribution in [1.29, 1.82) is 0 Å². The maximum atomic E-state index is 12.9. The molecule has 0 spiro atoms. The number of hydrogen-bond donors (Lipinski definition) is 1. The normalized spacial score (nSPS) is 15.9. The molecule has 1 aliphatic rings. The Morgan fingerprint density at radius 2 is 2.04 bits per heavy atom. The van der Waals surface area contributed by atoms with Gasteiger partial charge in [-0.25, -0.2) is 9.97 Å². The van der Waals surface area contributed by atoms with Crippen LogP contribution in [0.2, 0.25) is 5.02 Å². The monoisotopic (exact) mass is 465 g/mol. The number of carbonyl (C=O) groups is 2. The van der Waals surface area contributed by atoms with E-state index in [1.54, 1.807) is 13.8 Å². The highest BCUT2D eigenvalue weighted by Crippen LogP contribution is 2.25. The smallest absolute Gasteiger partial charge is 0.275 e. The molecule has 1 aromatic carbocycles. The van der Waals surface area contributed by atoms with E-state index in [0.29, 0.717) is 35.1 Å². The van der Waals surface area contributed by atoms with Gasteiger partial charge in [-0.15, -0.1) is 0 Å². The van der Waals surface area contributed by atoms with Crippen molar-refractivity contribution in [3.63, 3.8) is 0 Å². The van der Waals surface area contributed by atoms with Crippen LogP contribution in [0.25, 0.3) is 0 Å². The van der Waals surface area contributed by atoms with Crippen molar-refractivity contribution in [2.24, 2.45) is 0 Å². The van der Waals surface area contributed by atoms with Crippen molar-refractivity contribution in [3.8, 4) is 0 Å². The molecule has 148 valence electrons. The quantitative estimate of drug-likeness (QED) is 0.750. The number of carbonyl (C=O) groups excluding carboxylic acids is 2. The molecule has 1 aromatic heterocycles. The van der Waals surface area contributed by atoms with Crippen molar-refractivity contribution in [1.82, 2.24) is 20.2 Å². The second-order valence-corrected chi connectivity index (χ2v) is 8.31. The Hall–Kier alpha value is -2.19. The van der Waals surface area contributed by atoms with Crippen molar-refractivity contribution in [3.05, 3.63) is 51.3 Å². The molecule has 2 heterocycles. The van der Waals surface area contributed by atoms with Gasteiger partial charge in [-0.1, -0.05) is 23.7 Å². The fourth-order valence-corrected chi connectivity index (χ4v) is 3.77. The number of benzene rings is 1. The molecule has 1 fully saturated rings. The molecule has 7 nitrogen and oxygen atoms in total. The van der Waals surface area contributed by atoms with Gasteiger partial charge in [0.25, 0.3) is 5.91 Å². The van der Waals surface area contributed by atoms with Gasteiger partial charge in [-0.3, -0.25) is 9.59 Å². The molecule has 0 aliphatic carbocycles. The van der Waals surface area contributed by atoms with Crippen molar-refractivity contribution in [2.45, 2.75) is 25.9 Å². The molecule has 9 heteroatoms.